The van der Waals surface area contributed by atoms with Gasteiger partial charge in [0.1, 0.15) is 11.3 Å². The molecule has 2 aromatic heterocycles. The number of benzene rings is 1. The first-order valence-electron chi connectivity index (χ1n) is 10.4. The van der Waals surface area contributed by atoms with Crippen LogP contribution in [0.3, 0.4) is 0 Å². The van der Waals surface area contributed by atoms with Crippen LogP contribution < -0.4 is 4.90 Å². The molecule has 0 radical (unpaired) electrons. The van der Waals surface area contributed by atoms with E-state index in [0.717, 1.165) is 46.6 Å². The Kier molecular flexibility index (Phi) is 4.70. The van der Waals surface area contributed by atoms with Gasteiger partial charge in [0.15, 0.2) is 5.82 Å². The van der Waals surface area contributed by atoms with Gasteiger partial charge in [-0.25, -0.2) is 4.98 Å². The maximum absolute atomic E-state index is 11.7. The molecule has 2 saturated heterocycles. The van der Waals surface area contributed by atoms with Crippen molar-refractivity contribution in [3.8, 4) is 11.3 Å². The number of fused-ring (bicyclic) bond motifs is 3. The Hall–Kier alpha value is -2.93. The first-order valence-corrected chi connectivity index (χ1v) is 10.4. The molecule has 156 valence electrons. The van der Waals surface area contributed by atoms with Gasteiger partial charge < -0.3 is 19.2 Å². The van der Waals surface area contributed by atoms with E-state index >= 15 is 0 Å². The lowest BCUT2D eigenvalue weighted by Gasteiger charge is -2.55. The number of hydrogen-bond acceptors (Lipinski definition) is 6. The predicted molar refractivity (Wildman–Crippen MR) is 112 cm³/mol. The molecular weight excluding hydrogens is 382 g/mol. The number of piperidine rings is 2. The van der Waals surface area contributed by atoms with Crippen molar-refractivity contribution in [3.05, 3.63) is 42.4 Å². The van der Waals surface area contributed by atoms with Crippen LogP contribution in [0.1, 0.15) is 31.4 Å². The Bertz CT molecular complexity index is 1080. The van der Waals surface area contributed by atoms with Gasteiger partial charge in [0, 0.05) is 43.4 Å². The second-order valence-electron chi connectivity index (χ2n) is 8.39. The second-order valence-corrected chi connectivity index (χ2v) is 8.39. The molecule has 1 aromatic carbocycles. The van der Waals surface area contributed by atoms with Gasteiger partial charge in [-0.2, -0.15) is 0 Å². The summed E-state index contributed by atoms with van der Waals surface area (Å²) in [5.74, 6) is 0.194. The highest BCUT2D eigenvalue weighted by Gasteiger charge is 2.56. The number of rotatable bonds is 7. The van der Waals surface area contributed by atoms with Crippen molar-refractivity contribution < 1.29 is 19.1 Å². The molecule has 0 spiro atoms. The Labute approximate surface area is 174 Å². The van der Waals surface area contributed by atoms with Gasteiger partial charge in [-0.1, -0.05) is 0 Å². The van der Waals surface area contributed by atoms with Crippen LogP contribution >= 0.6 is 0 Å². The largest absolute Gasteiger partial charge is 0.481 e. The summed E-state index contributed by atoms with van der Waals surface area (Å²) in [7, 11) is 1.70. The number of anilines is 1. The molecule has 3 aliphatic rings. The Morgan fingerprint density at radius 2 is 2.23 bits per heavy atom. The van der Waals surface area contributed by atoms with Crippen LogP contribution in [-0.4, -0.2) is 47.3 Å². The lowest BCUT2D eigenvalue weighted by atomic mass is 9.60. The fraction of sp³-hybridized carbons (Fsp3) is 0.435. The normalized spacial score (nSPS) is 22.8. The van der Waals surface area contributed by atoms with Crippen molar-refractivity contribution in [2.24, 2.45) is 5.41 Å². The van der Waals surface area contributed by atoms with Crippen LogP contribution in [0.4, 0.5) is 5.82 Å². The molecule has 3 fully saturated rings. The van der Waals surface area contributed by atoms with Gasteiger partial charge in [-0.15, -0.1) is 0 Å². The molecular formula is C23H25N3O4. The number of carbonyl (C=O) groups is 1. The summed E-state index contributed by atoms with van der Waals surface area (Å²) in [5.41, 5.74) is 3.06. The quantitative estimate of drug-likeness (QED) is 0.594. The molecule has 0 unspecified atom stereocenters. The standard InChI is InChI=1S/C23H25N3O4/c1-29-9-2-3-17-14-24-20(16-4-5-19-15(11-16)6-10-30-19)21(25-17)26-8-7-23(22(27)28)12-18(26)13-23/h4-6,10-11,14,18H,2-3,7-9,12-13H2,1H3,(H,27,28). The summed E-state index contributed by atoms with van der Waals surface area (Å²) in [6.07, 6.45) is 7.22. The van der Waals surface area contributed by atoms with Crippen molar-refractivity contribution >= 4 is 22.8 Å². The number of ether oxygens (including phenoxy) is 1. The molecule has 6 rings (SSSR count). The highest BCUT2D eigenvalue weighted by atomic mass is 16.5. The maximum atomic E-state index is 11.7. The zero-order chi connectivity index (χ0) is 20.7. The van der Waals surface area contributed by atoms with Crippen molar-refractivity contribution in [2.45, 2.75) is 38.1 Å². The number of aryl methyl sites for hydroxylation is 1. The molecule has 2 aliphatic heterocycles. The summed E-state index contributed by atoms with van der Waals surface area (Å²) in [4.78, 5) is 23.7. The molecule has 30 heavy (non-hydrogen) atoms. The van der Waals surface area contributed by atoms with Crippen molar-refractivity contribution in [3.63, 3.8) is 0 Å². The first kappa shape index (κ1) is 19.1. The van der Waals surface area contributed by atoms with E-state index < -0.39 is 11.4 Å². The smallest absolute Gasteiger partial charge is 0.309 e. The van der Waals surface area contributed by atoms with E-state index in [2.05, 4.69) is 11.0 Å². The minimum atomic E-state index is -0.663. The van der Waals surface area contributed by atoms with Crippen molar-refractivity contribution in [2.75, 3.05) is 25.2 Å². The SMILES string of the molecule is COCCCc1cnc(-c2ccc3occc3c2)c(N2CCC3(C(=O)O)CC2C3)n1. The molecule has 0 atom stereocenters. The van der Waals surface area contributed by atoms with Gasteiger partial charge in [-0.3, -0.25) is 9.78 Å². The number of aliphatic carboxylic acids is 1. The maximum Gasteiger partial charge on any atom is 0.309 e. The number of methoxy groups -OCH3 is 1. The van der Waals surface area contributed by atoms with E-state index in [9.17, 15) is 9.90 Å². The highest BCUT2D eigenvalue weighted by Crippen LogP contribution is 2.52. The number of hydrogen-bond donors (Lipinski definition) is 1. The molecule has 4 heterocycles. The summed E-state index contributed by atoms with van der Waals surface area (Å²) in [6, 6.07) is 8.19. The number of carboxylic acid groups (broad SMARTS) is 1. The summed E-state index contributed by atoms with van der Waals surface area (Å²) >= 11 is 0. The molecule has 1 N–H and O–H groups in total. The van der Waals surface area contributed by atoms with E-state index in [1.165, 1.54) is 0 Å². The minimum Gasteiger partial charge on any atom is -0.481 e. The van der Waals surface area contributed by atoms with Gasteiger partial charge in [0.05, 0.1) is 17.4 Å². The average molecular weight is 407 g/mol. The summed E-state index contributed by atoms with van der Waals surface area (Å²) in [6.45, 7) is 1.37. The zero-order valence-electron chi connectivity index (χ0n) is 17.0. The van der Waals surface area contributed by atoms with Crippen molar-refractivity contribution in [1.29, 1.82) is 0 Å². The van der Waals surface area contributed by atoms with Crippen LogP contribution in [0.25, 0.3) is 22.2 Å². The number of aromatic nitrogens is 2. The predicted octanol–water partition coefficient (Wildman–Crippen LogP) is 3.91. The molecule has 2 bridgehead atoms. The Balaban J connectivity index is 1.51. The average Bonchev–Trinajstić information content (AvgIpc) is 3.21. The fourth-order valence-corrected chi connectivity index (χ4v) is 4.79. The number of carboxylic acids is 1. The highest BCUT2D eigenvalue weighted by molar-refractivity contribution is 5.85. The fourth-order valence-electron chi connectivity index (χ4n) is 4.79. The lowest BCUT2D eigenvalue weighted by molar-refractivity contribution is -0.158. The topological polar surface area (TPSA) is 88.7 Å². The summed E-state index contributed by atoms with van der Waals surface area (Å²) < 4.78 is 10.6. The molecule has 0 amide bonds. The van der Waals surface area contributed by atoms with Gasteiger partial charge in [0.2, 0.25) is 0 Å². The van der Waals surface area contributed by atoms with Crippen LogP contribution in [0, 0.1) is 5.41 Å². The molecule has 7 nitrogen and oxygen atoms in total. The van der Waals surface area contributed by atoms with E-state index in [1.54, 1.807) is 13.4 Å². The number of nitrogens with zero attached hydrogens (tertiary/aromatic N) is 3. The third-order valence-corrected chi connectivity index (χ3v) is 6.56. The first-order chi connectivity index (χ1) is 14.6. The molecule has 1 aliphatic carbocycles. The third-order valence-electron chi connectivity index (χ3n) is 6.56. The van der Waals surface area contributed by atoms with Crippen LogP contribution in [0.2, 0.25) is 0 Å². The number of furan rings is 1. The van der Waals surface area contributed by atoms with E-state index in [-0.39, 0.29) is 6.04 Å². The monoisotopic (exact) mass is 407 g/mol. The van der Waals surface area contributed by atoms with Gasteiger partial charge >= 0.3 is 5.97 Å². The van der Waals surface area contributed by atoms with Crippen molar-refractivity contribution in [1.82, 2.24) is 9.97 Å². The second kappa shape index (κ2) is 7.40. The van der Waals surface area contributed by atoms with Crippen LogP contribution in [-0.2, 0) is 16.0 Å². The van der Waals surface area contributed by atoms with E-state index in [1.807, 2.05) is 24.4 Å². The molecule has 7 heteroatoms. The summed E-state index contributed by atoms with van der Waals surface area (Å²) in [5, 5.41) is 10.6. The van der Waals surface area contributed by atoms with E-state index in [0.29, 0.717) is 32.4 Å². The Morgan fingerprint density at radius 3 is 2.97 bits per heavy atom. The van der Waals surface area contributed by atoms with Gasteiger partial charge in [-0.05, 0) is 56.4 Å². The Morgan fingerprint density at radius 1 is 1.37 bits per heavy atom. The molecule has 3 aromatic rings. The zero-order valence-corrected chi connectivity index (χ0v) is 17.0. The van der Waals surface area contributed by atoms with E-state index in [4.69, 9.17) is 19.1 Å². The van der Waals surface area contributed by atoms with Crippen LogP contribution in [0.5, 0.6) is 0 Å². The minimum absolute atomic E-state index is 0.204. The third kappa shape index (κ3) is 3.13. The van der Waals surface area contributed by atoms with Gasteiger partial charge in [0.25, 0.3) is 0 Å². The van der Waals surface area contributed by atoms with Crippen LogP contribution in [0.15, 0.2) is 41.1 Å². The lowest BCUT2D eigenvalue weighted by Crippen LogP contribution is -2.61. The molecule has 1 saturated carbocycles.